The first-order valence-corrected chi connectivity index (χ1v) is 9.91. The van der Waals surface area contributed by atoms with E-state index in [0.29, 0.717) is 22.8 Å². The van der Waals surface area contributed by atoms with Crippen LogP contribution < -0.4 is 9.62 Å². The number of rotatable bonds is 8. The number of hydrogen-bond donors (Lipinski definition) is 1. The molecule has 6 nitrogen and oxygen atoms in total. The minimum Gasteiger partial charge on any atom is -0.354 e. The zero-order valence-electron chi connectivity index (χ0n) is 14.9. The molecule has 1 rings (SSSR count). The van der Waals surface area contributed by atoms with E-state index in [1.54, 1.807) is 13.0 Å². The van der Waals surface area contributed by atoms with E-state index < -0.39 is 10.0 Å². The Morgan fingerprint density at radius 2 is 1.88 bits per heavy atom. The lowest BCUT2D eigenvalue weighted by molar-refractivity contribution is -0.119. The molecule has 8 heteroatoms. The summed E-state index contributed by atoms with van der Waals surface area (Å²) in [5.74, 6) is -0.352. The molecule has 0 aromatic heterocycles. The predicted molar refractivity (Wildman–Crippen MR) is 99.3 cm³/mol. The monoisotopic (exact) mass is 375 g/mol. The van der Waals surface area contributed by atoms with Crippen LogP contribution in [0.15, 0.2) is 12.1 Å². The number of amides is 1. The molecule has 1 amide bonds. The quantitative estimate of drug-likeness (QED) is 0.703. The largest absolute Gasteiger partial charge is 0.354 e. The van der Waals surface area contributed by atoms with Gasteiger partial charge in [0.25, 0.3) is 0 Å². The fourth-order valence-electron chi connectivity index (χ4n) is 2.40. The molecule has 0 spiro atoms. The lowest BCUT2D eigenvalue weighted by Gasteiger charge is -2.25. The van der Waals surface area contributed by atoms with E-state index >= 15 is 0 Å². The van der Waals surface area contributed by atoms with Gasteiger partial charge in [-0.05, 0) is 58.1 Å². The van der Waals surface area contributed by atoms with Crippen LogP contribution >= 0.6 is 11.6 Å². The predicted octanol–water partition coefficient (Wildman–Crippen LogP) is 1.79. The topological polar surface area (TPSA) is 69.7 Å². The third kappa shape index (κ3) is 6.30. The van der Waals surface area contributed by atoms with E-state index in [2.05, 4.69) is 5.32 Å². The highest BCUT2D eigenvalue weighted by atomic mass is 35.5. The summed E-state index contributed by atoms with van der Waals surface area (Å²) in [6, 6.07) is 3.53. The Morgan fingerprint density at radius 1 is 1.25 bits per heavy atom. The number of carbonyl (C=O) groups excluding carboxylic acids is 1. The maximum atomic E-state index is 12.2. The van der Waals surface area contributed by atoms with Crippen molar-refractivity contribution < 1.29 is 13.2 Å². The Balaban J connectivity index is 2.91. The summed E-state index contributed by atoms with van der Waals surface area (Å²) in [6.45, 7) is 4.71. The lowest BCUT2D eigenvalue weighted by Crippen LogP contribution is -2.41. The molecule has 0 aliphatic heterocycles. The van der Waals surface area contributed by atoms with E-state index in [9.17, 15) is 13.2 Å². The van der Waals surface area contributed by atoms with E-state index in [4.69, 9.17) is 11.6 Å². The van der Waals surface area contributed by atoms with Crippen molar-refractivity contribution in [1.82, 2.24) is 10.2 Å². The molecule has 1 aromatic carbocycles. The molecule has 0 saturated carbocycles. The molecule has 136 valence electrons. The van der Waals surface area contributed by atoms with Gasteiger partial charge < -0.3 is 10.2 Å². The van der Waals surface area contributed by atoms with Gasteiger partial charge in [-0.25, -0.2) is 8.42 Å². The molecule has 0 aliphatic rings. The van der Waals surface area contributed by atoms with Crippen molar-refractivity contribution in [3.63, 3.8) is 0 Å². The number of halogens is 1. The van der Waals surface area contributed by atoms with Crippen LogP contribution in [0.3, 0.4) is 0 Å². The molecule has 1 aromatic rings. The first kappa shape index (κ1) is 20.7. The number of carbonyl (C=O) groups is 1. The van der Waals surface area contributed by atoms with Crippen molar-refractivity contribution >= 4 is 33.2 Å². The molecule has 0 bridgehead atoms. The van der Waals surface area contributed by atoms with Crippen molar-refractivity contribution in [2.75, 3.05) is 44.3 Å². The number of hydrogen-bond acceptors (Lipinski definition) is 4. The Bertz CT molecular complexity index is 667. The third-order valence-electron chi connectivity index (χ3n) is 3.44. The molecule has 1 N–H and O–H groups in total. The summed E-state index contributed by atoms with van der Waals surface area (Å²) >= 11 is 6.24. The average Bonchev–Trinajstić information content (AvgIpc) is 2.40. The van der Waals surface area contributed by atoms with Gasteiger partial charge in [0.2, 0.25) is 15.9 Å². The Kier molecular flexibility index (Phi) is 7.51. The summed E-state index contributed by atoms with van der Waals surface area (Å²) in [6.07, 6.45) is 1.86. The van der Waals surface area contributed by atoms with Crippen LogP contribution in [0.2, 0.25) is 5.02 Å². The second-order valence-electron chi connectivity index (χ2n) is 6.19. The normalized spacial score (nSPS) is 11.6. The molecule has 0 saturated heterocycles. The van der Waals surface area contributed by atoms with Crippen LogP contribution in [-0.2, 0) is 14.8 Å². The van der Waals surface area contributed by atoms with Gasteiger partial charge in [-0.15, -0.1) is 0 Å². The van der Waals surface area contributed by atoms with Crippen molar-refractivity contribution in [1.29, 1.82) is 0 Å². The van der Waals surface area contributed by atoms with Crippen LogP contribution in [0.4, 0.5) is 5.69 Å². The molecular weight excluding hydrogens is 350 g/mol. The minimum atomic E-state index is -3.64. The molecule has 0 radical (unpaired) electrons. The second-order valence-corrected chi connectivity index (χ2v) is 8.50. The highest BCUT2D eigenvalue weighted by Crippen LogP contribution is 2.32. The van der Waals surface area contributed by atoms with Gasteiger partial charge >= 0.3 is 0 Å². The highest BCUT2D eigenvalue weighted by molar-refractivity contribution is 7.92. The zero-order chi connectivity index (χ0) is 18.5. The maximum absolute atomic E-state index is 12.2. The van der Waals surface area contributed by atoms with Gasteiger partial charge in [-0.2, -0.15) is 0 Å². The Hall–Kier alpha value is -1.31. The van der Waals surface area contributed by atoms with Crippen LogP contribution in [0, 0.1) is 13.8 Å². The summed E-state index contributed by atoms with van der Waals surface area (Å²) in [5.41, 5.74) is 2.00. The minimum absolute atomic E-state index is 0.287. The number of benzene rings is 1. The van der Waals surface area contributed by atoms with Crippen molar-refractivity contribution in [3.05, 3.63) is 28.3 Å². The zero-order valence-corrected chi connectivity index (χ0v) is 16.5. The fourth-order valence-corrected chi connectivity index (χ4v) is 3.79. The second kappa shape index (κ2) is 8.69. The number of nitrogens with zero attached hydrogens (tertiary/aromatic N) is 2. The number of nitrogens with one attached hydrogen (secondary N) is 1. The van der Waals surface area contributed by atoms with Crippen LogP contribution in [0.5, 0.6) is 0 Å². The van der Waals surface area contributed by atoms with Gasteiger partial charge in [0.05, 0.1) is 17.0 Å². The average molecular weight is 376 g/mol. The molecule has 0 aliphatic carbocycles. The maximum Gasteiger partial charge on any atom is 0.240 e. The summed E-state index contributed by atoms with van der Waals surface area (Å²) < 4.78 is 25.4. The van der Waals surface area contributed by atoms with E-state index in [1.807, 2.05) is 32.0 Å². The number of sulfonamides is 1. The van der Waals surface area contributed by atoms with Crippen LogP contribution in [0.25, 0.3) is 0 Å². The van der Waals surface area contributed by atoms with E-state index in [1.165, 1.54) is 0 Å². The summed E-state index contributed by atoms with van der Waals surface area (Å²) in [7, 11) is 0.272. The molecular formula is C16H26ClN3O3S. The standard InChI is InChI=1S/C16H26ClN3O3S/c1-12-9-13(2)16(14(17)10-12)20(24(5,22)23)11-15(21)18-7-6-8-19(3)4/h9-10H,6-8,11H2,1-5H3,(H,18,21). The smallest absolute Gasteiger partial charge is 0.240 e. The van der Waals surface area contributed by atoms with Crippen LogP contribution in [-0.4, -0.2) is 59.2 Å². The lowest BCUT2D eigenvalue weighted by atomic mass is 10.1. The summed E-state index contributed by atoms with van der Waals surface area (Å²) in [5, 5.41) is 3.06. The van der Waals surface area contributed by atoms with Crippen molar-refractivity contribution in [3.8, 4) is 0 Å². The van der Waals surface area contributed by atoms with E-state index in [-0.39, 0.29) is 12.5 Å². The molecule has 24 heavy (non-hydrogen) atoms. The molecule has 0 unspecified atom stereocenters. The third-order valence-corrected chi connectivity index (χ3v) is 4.84. The fraction of sp³-hybridized carbons (Fsp3) is 0.562. The van der Waals surface area contributed by atoms with Gasteiger partial charge in [0.1, 0.15) is 6.54 Å². The Labute approximate surface area is 149 Å². The SMILES string of the molecule is Cc1cc(C)c(N(CC(=O)NCCCN(C)C)S(C)(=O)=O)c(Cl)c1. The van der Waals surface area contributed by atoms with Gasteiger partial charge in [0, 0.05) is 6.54 Å². The first-order chi connectivity index (χ1) is 11.0. The van der Waals surface area contributed by atoms with Crippen molar-refractivity contribution in [2.45, 2.75) is 20.3 Å². The molecule has 0 heterocycles. The highest BCUT2D eigenvalue weighted by Gasteiger charge is 2.24. The van der Waals surface area contributed by atoms with E-state index in [0.717, 1.165) is 29.1 Å². The van der Waals surface area contributed by atoms with Crippen molar-refractivity contribution in [2.24, 2.45) is 0 Å². The van der Waals surface area contributed by atoms with Gasteiger partial charge in [0.15, 0.2) is 0 Å². The number of aryl methyl sites for hydroxylation is 2. The number of anilines is 1. The van der Waals surface area contributed by atoms with Gasteiger partial charge in [-0.1, -0.05) is 17.7 Å². The molecule has 0 fully saturated rings. The first-order valence-electron chi connectivity index (χ1n) is 7.68. The summed E-state index contributed by atoms with van der Waals surface area (Å²) in [4.78, 5) is 14.2. The Morgan fingerprint density at radius 3 is 2.38 bits per heavy atom. The van der Waals surface area contributed by atoms with Gasteiger partial charge in [-0.3, -0.25) is 9.10 Å². The molecule has 0 atom stereocenters. The van der Waals surface area contributed by atoms with Crippen LogP contribution in [0.1, 0.15) is 17.5 Å².